The molecule has 3 aromatic rings. The molecule has 0 spiro atoms. The van der Waals surface area contributed by atoms with Crippen LogP contribution in [0.25, 0.3) is 0 Å². The number of phenolic OH excluding ortho intramolecular Hbond substituents is 1. The van der Waals surface area contributed by atoms with E-state index in [9.17, 15) is 19.8 Å². The van der Waals surface area contributed by atoms with Gasteiger partial charge in [0.1, 0.15) is 5.75 Å². The van der Waals surface area contributed by atoms with Gasteiger partial charge in [-0.2, -0.15) is 0 Å². The van der Waals surface area contributed by atoms with Crippen molar-refractivity contribution in [2.24, 2.45) is 4.99 Å². The number of amides is 1. The van der Waals surface area contributed by atoms with Crippen molar-refractivity contribution < 1.29 is 24.5 Å². The van der Waals surface area contributed by atoms with Gasteiger partial charge >= 0.3 is 5.97 Å². The molecule has 0 bridgehead atoms. The van der Waals surface area contributed by atoms with Crippen LogP contribution in [0.3, 0.4) is 0 Å². The SMILES string of the molecule is CC(=O)N1CCCCC1.O=C(O)c1ccc2c(c1)N=C(c1ccc(Oc3ccccc3O)cc1)CN2C1CCCCC1. The second kappa shape index (κ2) is 13.6. The minimum Gasteiger partial charge on any atom is -0.504 e. The van der Waals surface area contributed by atoms with Crippen LogP contribution in [0.2, 0.25) is 0 Å². The standard InChI is InChI=1S/C27H26N2O4.C7H13NO/c30-25-8-4-5-9-26(25)33-21-13-10-18(11-14-21)23-17-29(20-6-2-1-3-7-20)24-15-12-19(27(31)32)16-22(24)28-23;1-7(9)8-5-3-2-4-6-8/h4-5,8-16,20,30H,1-3,6-7,17H2,(H,31,32);2-6H2,1H3. The molecular weight excluding hydrogens is 530 g/mol. The van der Waals surface area contributed by atoms with Crippen molar-refractivity contribution in [3.8, 4) is 17.2 Å². The average Bonchev–Trinajstić information content (AvgIpc) is 3.03. The third-order valence-corrected chi connectivity index (χ3v) is 8.20. The topological polar surface area (TPSA) is 103 Å². The number of para-hydroxylation sites is 2. The minimum absolute atomic E-state index is 0.0900. The minimum atomic E-state index is -0.949. The predicted molar refractivity (Wildman–Crippen MR) is 165 cm³/mol. The lowest BCUT2D eigenvalue weighted by Crippen LogP contribution is -2.42. The number of fused-ring (bicyclic) bond motifs is 1. The molecule has 3 aromatic carbocycles. The quantitative estimate of drug-likeness (QED) is 0.338. The maximum absolute atomic E-state index is 11.5. The van der Waals surface area contributed by atoms with E-state index >= 15 is 0 Å². The first-order chi connectivity index (χ1) is 20.4. The van der Waals surface area contributed by atoms with Gasteiger partial charge in [-0.15, -0.1) is 0 Å². The van der Waals surface area contributed by atoms with Crippen molar-refractivity contribution in [2.45, 2.75) is 64.3 Å². The molecule has 0 aromatic heterocycles. The van der Waals surface area contributed by atoms with Gasteiger partial charge in [0.15, 0.2) is 11.5 Å². The molecule has 3 aliphatic rings. The lowest BCUT2D eigenvalue weighted by Gasteiger charge is -2.39. The lowest BCUT2D eigenvalue weighted by molar-refractivity contribution is -0.129. The second-order valence-electron chi connectivity index (χ2n) is 11.1. The molecule has 1 saturated heterocycles. The highest BCUT2D eigenvalue weighted by molar-refractivity contribution is 6.08. The average molecular weight is 570 g/mol. The monoisotopic (exact) mass is 569 g/mol. The van der Waals surface area contributed by atoms with E-state index in [1.807, 2.05) is 41.3 Å². The maximum atomic E-state index is 11.5. The number of aromatic hydroxyl groups is 1. The van der Waals surface area contributed by atoms with E-state index in [1.54, 1.807) is 37.3 Å². The maximum Gasteiger partial charge on any atom is 0.335 e. The molecule has 1 aliphatic carbocycles. The summed E-state index contributed by atoms with van der Waals surface area (Å²) in [5.74, 6) is 0.394. The van der Waals surface area contributed by atoms with E-state index in [2.05, 4.69) is 4.90 Å². The normalized spacial score (nSPS) is 16.9. The number of carboxylic acid groups (broad SMARTS) is 1. The number of carbonyl (C=O) groups excluding carboxylic acids is 1. The summed E-state index contributed by atoms with van der Waals surface area (Å²) >= 11 is 0. The first-order valence-electron chi connectivity index (χ1n) is 14.9. The van der Waals surface area contributed by atoms with Crippen molar-refractivity contribution in [1.29, 1.82) is 0 Å². The van der Waals surface area contributed by atoms with Gasteiger partial charge in [-0.3, -0.25) is 4.79 Å². The molecule has 42 heavy (non-hydrogen) atoms. The largest absolute Gasteiger partial charge is 0.504 e. The summed E-state index contributed by atoms with van der Waals surface area (Å²) in [6.07, 6.45) is 9.67. The van der Waals surface area contributed by atoms with Crippen molar-refractivity contribution in [2.75, 3.05) is 24.5 Å². The molecule has 8 heteroatoms. The van der Waals surface area contributed by atoms with Gasteiger partial charge in [0.05, 0.1) is 29.2 Å². The zero-order valence-corrected chi connectivity index (χ0v) is 24.2. The van der Waals surface area contributed by atoms with Gasteiger partial charge in [0, 0.05) is 26.1 Å². The molecule has 8 nitrogen and oxygen atoms in total. The second-order valence-corrected chi connectivity index (χ2v) is 11.1. The third kappa shape index (κ3) is 7.11. The van der Waals surface area contributed by atoms with Gasteiger partial charge in [-0.05, 0) is 92.3 Å². The summed E-state index contributed by atoms with van der Waals surface area (Å²) in [7, 11) is 0. The summed E-state index contributed by atoms with van der Waals surface area (Å²) in [6, 6.07) is 20.2. The van der Waals surface area contributed by atoms with E-state index in [-0.39, 0.29) is 17.2 Å². The van der Waals surface area contributed by atoms with Crippen molar-refractivity contribution in [3.05, 3.63) is 77.9 Å². The lowest BCUT2D eigenvalue weighted by atomic mass is 9.92. The fraction of sp³-hybridized carbons (Fsp3) is 0.382. The number of carbonyl (C=O) groups is 2. The van der Waals surface area contributed by atoms with Crippen molar-refractivity contribution >= 4 is 29.0 Å². The fourth-order valence-corrected chi connectivity index (χ4v) is 5.89. The molecular formula is C34H39N3O5. The Balaban J connectivity index is 0.000000336. The van der Waals surface area contributed by atoms with Crippen molar-refractivity contribution in [1.82, 2.24) is 4.90 Å². The summed E-state index contributed by atoms with van der Waals surface area (Å²) in [5.41, 5.74) is 3.83. The molecule has 0 atom stereocenters. The Morgan fingerprint density at radius 2 is 1.57 bits per heavy atom. The number of anilines is 1. The van der Waals surface area contributed by atoms with Crippen LogP contribution in [0.15, 0.2) is 71.7 Å². The Kier molecular flexibility index (Phi) is 9.41. The van der Waals surface area contributed by atoms with Crippen LogP contribution in [0.4, 0.5) is 11.4 Å². The zero-order chi connectivity index (χ0) is 29.5. The van der Waals surface area contributed by atoms with Gasteiger partial charge in [0.2, 0.25) is 5.91 Å². The number of hydrogen-bond donors (Lipinski definition) is 2. The van der Waals surface area contributed by atoms with E-state index in [1.165, 1.54) is 38.5 Å². The molecule has 1 saturated carbocycles. The summed E-state index contributed by atoms with van der Waals surface area (Å²) < 4.78 is 5.80. The Labute approximate surface area is 247 Å². The molecule has 0 unspecified atom stereocenters. The molecule has 2 N–H and O–H groups in total. The van der Waals surface area contributed by atoms with E-state index in [4.69, 9.17) is 9.73 Å². The number of rotatable bonds is 5. The number of ether oxygens (including phenoxy) is 1. The molecule has 0 radical (unpaired) electrons. The van der Waals surface area contributed by atoms with Crippen LogP contribution >= 0.6 is 0 Å². The predicted octanol–water partition coefficient (Wildman–Crippen LogP) is 7.18. The number of piperidine rings is 1. The molecule has 1 amide bonds. The molecule has 6 rings (SSSR count). The van der Waals surface area contributed by atoms with E-state index < -0.39 is 5.97 Å². The van der Waals surface area contributed by atoms with E-state index in [0.717, 1.165) is 42.9 Å². The molecule has 2 fully saturated rings. The van der Waals surface area contributed by atoms with Crippen LogP contribution in [0, 0.1) is 0 Å². The van der Waals surface area contributed by atoms with Gasteiger partial charge in [-0.25, -0.2) is 9.79 Å². The van der Waals surface area contributed by atoms with Crippen molar-refractivity contribution in [3.63, 3.8) is 0 Å². The van der Waals surface area contributed by atoms with E-state index in [0.29, 0.717) is 29.8 Å². The first-order valence-corrected chi connectivity index (χ1v) is 14.9. The Hall–Kier alpha value is -4.33. The Bertz CT molecular complexity index is 1420. The van der Waals surface area contributed by atoms with Crippen LogP contribution in [-0.4, -0.2) is 58.4 Å². The zero-order valence-electron chi connectivity index (χ0n) is 24.2. The van der Waals surface area contributed by atoms with Crippen LogP contribution in [0.5, 0.6) is 17.2 Å². The van der Waals surface area contributed by atoms with Gasteiger partial charge in [0.25, 0.3) is 0 Å². The van der Waals surface area contributed by atoms with Crippen LogP contribution < -0.4 is 9.64 Å². The number of aliphatic imine (C=N–C) groups is 1. The number of nitrogens with zero attached hydrogens (tertiary/aromatic N) is 3. The number of aromatic carboxylic acids is 1. The van der Waals surface area contributed by atoms with Crippen LogP contribution in [-0.2, 0) is 4.79 Å². The summed E-state index contributed by atoms with van der Waals surface area (Å²) in [4.78, 5) is 31.4. The van der Waals surface area contributed by atoms with Gasteiger partial charge < -0.3 is 24.7 Å². The highest BCUT2D eigenvalue weighted by Crippen LogP contribution is 2.39. The highest BCUT2D eigenvalue weighted by Gasteiger charge is 2.28. The number of benzene rings is 3. The summed E-state index contributed by atoms with van der Waals surface area (Å²) in [6.45, 7) is 4.29. The van der Waals surface area contributed by atoms with Gasteiger partial charge in [-0.1, -0.05) is 31.4 Å². The first kappa shape index (κ1) is 29.2. The fourth-order valence-electron chi connectivity index (χ4n) is 5.89. The Morgan fingerprint density at radius 1 is 0.881 bits per heavy atom. The number of carboxylic acids is 1. The number of phenols is 1. The molecule has 2 aliphatic heterocycles. The van der Waals surface area contributed by atoms with Crippen LogP contribution in [0.1, 0.15) is 74.2 Å². The summed E-state index contributed by atoms with van der Waals surface area (Å²) in [5, 5.41) is 19.4. The Morgan fingerprint density at radius 3 is 2.21 bits per heavy atom. The highest BCUT2D eigenvalue weighted by atomic mass is 16.5. The third-order valence-electron chi connectivity index (χ3n) is 8.20. The smallest absolute Gasteiger partial charge is 0.335 e. The number of hydrogen-bond acceptors (Lipinski definition) is 6. The molecule has 2 heterocycles. The molecule has 220 valence electrons. The number of likely N-dealkylation sites (tertiary alicyclic amines) is 1.